The fraction of sp³-hybridized carbons (Fsp3) is 0.364. The molecule has 0 amide bonds. The molecule has 1 aromatic rings. The zero-order valence-corrected chi connectivity index (χ0v) is 8.64. The van der Waals surface area contributed by atoms with E-state index in [1.807, 2.05) is 6.07 Å². The minimum Gasteiger partial charge on any atom is -0.480 e. The van der Waals surface area contributed by atoms with Gasteiger partial charge in [0, 0.05) is 13.7 Å². The Balaban J connectivity index is 3.15. The van der Waals surface area contributed by atoms with Crippen molar-refractivity contribution in [1.29, 1.82) is 0 Å². The van der Waals surface area contributed by atoms with Crippen LogP contribution in [-0.4, -0.2) is 31.3 Å². The van der Waals surface area contributed by atoms with Gasteiger partial charge in [-0.05, 0) is 5.56 Å². The van der Waals surface area contributed by atoms with Crippen LogP contribution in [0.15, 0.2) is 30.3 Å². The number of carboxylic acids is 1. The van der Waals surface area contributed by atoms with Crippen LogP contribution in [0, 0.1) is 0 Å². The second kappa shape index (κ2) is 4.91. The summed E-state index contributed by atoms with van der Waals surface area (Å²) in [6.07, 6.45) is 0. The molecule has 3 N–H and O–H groups in total. The summed E-state index contributed by atoms with van der Waals surface area (Å²) in [5.41, 5.74) is 5.09. The Hall–Kier alpha value is -1.39. The lowest BCUT2D eigenvalue weighted by Gasteiger charge is -2.27. The lowest BCUT2D eigenvalue weighted by atomic mass is 9.81. The highest BCUT2D eigenvalue weighted by Crippen LogP contribution is 2.23. The van der Waals surface area contributed by atoms with Crippen molar-refractivity contribution >= 4 is 5.97 Å². The van der Waals surface area contributed by atoms with E-state index >= 15 is 0 Å². The summed E-state index contributed by atoms with van der Waals surface area (Å²) in [7, 11) is 1.47. The van der Waals surface area contributed by atoms with Crippen molar-refractivity contribution in [2.75, 3.05) is 20.3 Å². The Morgan fingerprint density at radius 2 is 2.07 bits per heavy atom. The number of hydrogen-bond acceptors (Lipinski definition) is 3. The van der Waals surface area contributed by atoms with E-state index < -0.39 is 11.4 Å². The predicted octanol–water partition coefficient (Wildman–Crippen LogP) is 0.614. The van der Waals surface area contributed by atoms with Gasteiger partial charge in [-0.3, -0.25) is 4.79 Å². The Labute approximate surface area is 88.7 Å². The van der Waals surface area contributed by atoms with Crippen LogP contribution in [0.5, 0.6) is 0 Å². The first-order valence-electron chi connectivity index (χ1n) is 4.65. The van der Waals surface area contributed by atoms with Crippen LogP contribution in [0.25, 0.3) is 0 Å². The van der Waals surface area contributed by atoms with Gasteiger partial charge in [-0.15, -0.1) is 0 Å². The van der Waals surface area contributed by atoms with E-state index in [4.69, 9.17) is 10.5 Å². The van der Waals surface area contributed by atoms with Crippen LogP contribution < -0.4 is 5.73 Å². The van der Waals surface area contributed by atoms with Gasteiger partial charge in [-0.1, -0.05) is 30.3 Å². The Bertz CT molecular complexity index is 326. The molecule has 82 valence electrons. The van der Waals surface area contributed by atoms with E-state index in [1.54, 1.807) is 24.3 Å². The molecule has 0 spiro atoms. The van der Waals surface area contributed by atoms with Gasteiger partial charge in [0.1, 0.15) is 5.41 Å². The molecule has 0 aromatic heterocycles. The van der Waals surface area contributed by atoms with Crippen molar-refractivity contribution in [3.8, 4) is 0 Å². The van der Waals surface area contributed by atoms with Gasteiger partial charge in [0.15, 0.2) is 0 Å². The van der Waals surface area contributed by atoms with Gasteiger partial charge in [-0.2, -0.15) is 0 Å². The van der Waals surface area contributed by atoms with Gasteiger partial charge in [0.05, 0.1) is 6.61 Å². The largest absolute Gasteiger partial charge is 0.480 e. The monoisotopic (exact) mass is 209 g/mol. The number of carboxylic acid groups (broad SMARTS) is 1. The molecule has 0 radical (unpaired) electrons. The number of nitrogens with two attached hydrogens (primary N) is 1. The molecule has 0 bridgehead atoms. The average molecular weight is 209 g/mol. The molecule has 0 heterocycles. The molecule has 0 aliphatic carbocycles. The molecule has 1 rings (SSSR count). The maximum Gasteiger partial charge on any atom is 0.317 e. The van der Waals surface area contributed by atoms with Gasteiger partial charge in [0.2, 0.25) is 0 Å². The first kappa shape index (κ1) is 11.7. The van der Waals surface area contributed by atoms with Crippen LogP contribution >= 0.6 is 0 Å². The third kappa shape index (κ3) is 2.16. The molecule has 1 unspecified atom stereocenters. The van der Waals surface area contributed by atoms with Crippen LogP contribution in [0.4, 0.5) is 0 Å². The molecule has 0 aliphatic heterocycles. The molecule has 0 saturated heterocycles. The lowest BCUT2D eigenvalue weighted by Crippen LogP contribution is -2.46. The minimum absolute atomic E-state index is 0.0141. The summed E-state index contributed by atoms with van der Waals surface area (Å²) in [5, 5.41) is 9.25. The third-order valence-corrected chi connectivity index (χ3v) is 2.47. The quantitative estimate of drug-likeness (QED) is 0.745. The number of ether oxygens (including phenoxy) is 1. The molecular formula is C11H15NO3. The summed E-state index contributed by atoms with van der Waals surface area (Å²) < 4.78 is 4.95. The number of carbonyl (C=O) groups is 1. The Kier molecular flexibility index (Phi) is 3.82. The molecule has 0 saturated carbocycles. The van der Waals surface area contributed by atoms with Crippen LogP contribution in [0.1, 0.15) is 5.56 Å². The molecule has 0 fully saturated rings. The normalized spacial score (nSPS) is 14.5. The highest BCUT2D eigenvalue weighted by atomic mass is 16.5. The smallest absolute Gasteiger partial charge is 0.317 e. The van der Waals surface area contributed by atoms with Crippen molar-refractivity contribution in [2.24, 2.45) is 5.73 Å². The number of methoxy groups -OCH3 is 1. The van der Waals surface area contributed by atoms with Gasteiger partial charge >= 0.3 is 5.97 Å². The summed E-state index contributed by atoms with van der Waals surface area (Å²) in [5.74, 6) is -0.960. The van der Waals surface area contributed by atoms with Crippen molar-refractivity contribution in [2.45, 2.75) is 5.41 Å². The first-order chi connectivity index (χ1) is 7.17. The summed E-state index contributed by atoms with van der Waals surface area (Å²) in [6, 6.07) is 8.91. The zero-order chi connectivity index (χ0) is 11.3. The van der Waals surface area contributed by atoms with Crippen LogP contribution in [0.2, 0.25) is 0 Å². The molecule has 1 atom stereocenters. The highest BCUT2D eigenvalue weighted by molar-refractivity contribution is 5.82. The second-order valence-electron chi connectivity index (χ2n) is 3.39. The van der Waals surface area contributed by atoms with E-state index in [9.17, 15) is 9.90 Å². The summed E-state index contributed by atoms with van der Waals surface area (Å²) in [6.45, 7) is 0.0863. The number of benzene rings is 1. The van der Waals surface area contributed by atoms with Crippen LogP contribution in [-0.2, 0) is 14.9 Å². The molecule has 0 aliphatic rings. The summed E-state index contributed by atoms with van der Waals surface area (Å²) >= 11 is 0. The van der Waals surface area contributed by atoms with Gasteiger partial charge in [-0.25, -0.2) is 0 Å². The molecule has 4 heteroatoms. The van der Waals surface area contributed by atoms with E-state index in [0.717, 1.165) is 0 Å². The SMILES string of the molecule is COCC(CN)(C(=O)O)c1ccccc1. The molecule has 4 nitrogen and oxygen atoms in total. The van der Waals surface area contributed by atoms with Crippen molar-refractivity contribution in [3.63, 3.8) is 0 Å². The lowest BCUT2D eigenvalue weighted by molar-refractivity contribution is -0.145. The Morgan fingerprint density at radius 3 is 2.47 bits per heavy atom. The second-order valence-corrected chi connectivity index (χ2v) is 3.39. The summed E-state index contributed by atoms with van der Waals surface area (Å²) in [4.78, 5) is 11.3. The topological polar surface area (TPSA) is 72.5 Å². The van der Waals surface area contributed by atoms with Crippen molar-refractivity contribution < 1.29 is 14.6 Å². The standard InChI is InChI=1S/C11H15NO3/c1-15-8-11(7-12,10(13)14)9-5-3-2-4-6-9/h2-6H,7-8,12H2,1H3,(H,13,14). The average Bonchev–Trinajstić information content (AvgIpc) is 2.26. The number of hydrogen-bond donors (Lipinski definition) is 2. The highest BCUT2D eigenvalue weighted by Gasteiger charge is 2.39. The first-order valence-corrected chi connectivity index (χ1v) is 4.65. The van der Waals surface area contributed by atoms with Crippen LogP contribution in [0.3, 0.4) is 0 Å². The third-order valence-electron chi connectivity index (χ3n) is 2.47. The fourth-order valence-corrected chi connectivity index (χ4v) is 1.54. The minimum atomic E-state index is -1.14. The van der Waals surface area contributed by atoms with E-state index in [-0.39, 0.29) is 13.2 Å². The van der Waals surface area contributed by atoms with Crippen molar-refractivity contribution in [1.82, 2.24) is 0 Å². The molecule has 1 aromatic carbocycles. The van der Waals surface area contributed by atoms with Crippen molar-refractivity contribution in [3.05, 3.63) is 35.9 Å². The maximum absolute atomic E-state index is 11.3. The predicted molar refractivity (Wildman–Crippen MR) is 56.7 cm³/mol. The maximum atomic E-state index is 11.3. The van der Waals surface area contributed by atoms with Gasteiger partial charge in [0.25, 0.3) is 0 Å². The zero-order valence-electron chi connectivity index (χ0n) is 8.64. The fourth-order valence-electron chi connectivity index (χ4n) is 1.54. The molecular weight excluding hydrogens is 194 g/mol. The van der Waals surface area contributed by atoms with E-state index in [0.29, 0.717) is 5.56 Å². The Morgan fingerprint density at radius 1 is 1.47 bits per heavy atom. The molecule has 15 heavy (non-hydrogen) atoms. The van der Waals surface area contributed by atoms with E-state index in [2.05, 4.69) is 0 Å². The number of aliphatic carboxylic acids is 1. The van der Waals surface area contributed by atoms with E-state index in [1.165, 1.54) is 7.11 Å². The van der Waals surface area contributed by atoms with Gasteiger partial charge < -0.3 is 15.6 Å². The number of rotatable bonds is 5.